The van der Waals surface area contributed by atoms with Crippen molar-refractivity contribution in [1.82, 2.24) is 0 Å². The molecule has 0 unspecified atom stereocenters. The summed E-state index contributed by atoms with van der Waals surface area (Å²) in [5.41, 5.74) is 12.1. The van der Waals surface area contributed by atoms with E-state index in [0.29, 0.717) is 0 Å². The Morgan fingerprint density at radius 3 is 0.917 bits per heavy atom. The normalized spacial score (nSPS) is 10.5. The van der Waals surface area contributed by atoms with E-state index in [-0.39, 0.29) is 0 Å². The van der Waals surface area contributed by atoms with Crippen LogP contribution in [0.4, 0.5) is 11.4 Å². The molecule has 0 N–H and O–H groups in total. The Morgan fingerprint density at radius 2 is 0.667 bits per heavy atom. The summed E-state index contributed by atoms with van der Waals surface area (Å²) in [6.45, 7) is 4.26. The van der Waals surface area contributed by atoms with Crippen molar-refractivity contribution in [2.24, 2.45) is 0 Å². The van der Waals surface area contributed by atoms with Crippen LogP contribution >= 0.6 is 0 Å². The second-order valence-electron chi connectivity index (χ2n) is 9.78. The highest BCUT2D eigenvalue weighted by atomic mass is 15.1. The van der Waals surface area contributed by atoms with E-state index >= 15 is 0 Å². The Balaban J connectivity index is 1.86. The molecule has 2 heteroatoms. The summed E-state index contributed by atoms with van der Waals surface area (Å²) in [7, 11) is 8.29. The molecule has 182 valence electrons. The molecule has 0 bridgehead atoms. The molecule has 0 aromatic heterocycles. The molecule has 2 nitrogen and oxygen atoms in total. The number of nitrogens with zero attached hydrogens (tertiary/aromatic N) is 2. The molecule has 0 aliphatic carbocycles. The molecule has 0 amide bonds. The molecule has 0 saturated carbocycles. The minimum atomic E-state index is 1.19. The van der Waals surface area contributed by atoms with Crippen molar-refractivity contribution in [2.45, 2.75) is 13.8 Å². The zero-order valence-electron chi connectivity index (χ0n) is 22.3. The first-order valence-corrected chi connectivity index (χ1v) is 12.4. The van der Waals surface area contributed by atoms with Crippen molar-refractivity contribution >= 4 is 22.5 Å². The average Bonchev–Trinajstić information content (AvgIpc) is 2.88. The van der Waals surface area contributed by atoms with Gasteiger partial charge in [0.25, 0.3) is 0 Å². The predicted molar refractivity (Wildman–Crippen MR) is 158 cm³/mol. The lowest BCUT2D eigenvalue weighted by Gasteiger charge is -2.16. The zero-order chi connectivity index (χ0) is 25.7. The van der Waals surface area contributed by atoms with Crippen molar-refractivity contribution in [3.8, 4) is 0 Å². The lowest BCUT2D eigenvalue weighted by Crippen LogP contribution is -2.08. The van der Waals surface area contributed by atoms with Gasteiger partial charge >= 0.3 is 0 Å². The van der Waals surface area contributed by atoms with Gasteiger partial charge in [0.15, 0.2) is 0 Å². The van der Waals surface area contributed by atoms with Crippen molar-refractivity contribution in [3.63, 3.8) is 0 Å². The van der Waals surface area contributed by atoms with E-state index in [9.17, 15) is 0 Å². The maximum absolute atomic E-state index is 2.27. The summed E-state index contributed by atoms with van der Waals surface area (Å²) >= 11 is 0. The quantitative estimate of drug-likeness (QED) is 0.251. The van der Waals surface area contributed by atoms with Gasteiger partial charge in [-0.3, -0.25) is 0 Å². The second-order valence-corrected chi connectivity index (χ2v) is 9.78. The topological polar surface area (TPSA) is 6.48 Å². The lowest BCUT2D eigenvalue weighted by molar-refractivity contribution is 1.13. The average molecular weight is 473 g/mol. The van der Waals surface area contributed by atoms with Crippen LogP contribution < -0.4 is 9.80 Å². The van der Waals surface area contributed by atoms with Gasteiger partial charge in [0, 0.05) is 39.6 Å². The van der Waals surface area contributed by atoms with Crippen LogP contribution in [0.5, 0.6) is 0 Å². The van der Waals surface area contributed by atoms with Crippen LogP contribution in [0.3, 0.4) is 0 Å². The fourth-order valence-corrected chi connectivity index (χ4v) is 4.23. The van der Waals surface area contributed by atoms with Gasteiger partial charge in [-0.2, -0.15) is 0 Å². The van der Waals surface area contributed by atoms with Gasteiger partial charge in [-0.1, -0.05) is 96.1 Å². The Morgan fingerprint density at radius 1 is 0.417 bits per heavy atom. The number of hydrogen-bond acceptors (Lipinski definition) is 2. The van der Waals surface area contributed by atoms with E-state index in [1.807, 2.05) is 0 Å². The molecular weight excluding hydrogens is 436 g/mol. The minimum Gasteiger partial charge on any atom is -0.378 e. The number of benzene rings is 4. The van der Waals surface area contributed by atoms with Crippen LogP contribution in [-0.4, -0.2) is 28.2 Å². The molecule has 0 atom stereocenters. The first-order valence-electron chi connectivity index (χ1n) is 12.4. The van der Waals surface area contributed by atoms with E-state index in [1.165, 1.54) is 55.9 Å². The van der Waals surface area contributed by atoms with E-state index < -0.39 is 0 Å². The van der Waals surface area contributed by atoms with Crippen LogP contribution in [0.25, 0.3) is 11.1 Å². The monoisotopic (exact) mass is 472 g/mol. The number of allylic oxidation sites excluding steroid dienone is 2. The largest absolute Gasteiger partial charge is 0.378 e. The number of aryl methyl sites for hydroxylation is 2. The SMILES string of the molecule is Cc1ccc(C(=CC=C(c2ccc(N(C)C)cc2)c2ccc(N(C)C)cc2)c2ccc(C)cc2)cc1. The van der Waals surface area contributed by atoms with E-state index in [0.717, 1.165) is 0 Å². The molecule has 4 rings (SSSR count). The molecule has 0 spiro atoms. The van der Waals surface area contributed by atoms with Crippen molar-refractivity contribution < 1.29 is 0 Å². The fraction of sp³-hybridized carbons (Fsp3) is 0.176. The highest BCUT2D eigenvalue weighted by molar-refractivity contribution is 5.87. The molecular formula is C34H36N2. The Kier molecular flexibility index (Phi) is 7.75. The second kappa shape index (κ2) is 11.1. The number of hydrogen-bond donors (Lipinski definition) is 0. The van der Waals surface area contributed by atoms with Crippen LogP contribution in [0, 0.1) is 13.8 Å². The maximum atomic E-state index is 2.27. The first kappa shape index (κ1) is 25.1. The Hall–Kier alpha value is -4.04. The van der Waals surface area contributed by atoms with Gasteiger partial charge in [-0.15, -0.1) is 0 Å². The predicted octanol–water partition coefficient (Wildman–Crippen LogP) is 8.00. The highest BCUT2D eigenvalue weighted by Crippen LogP contribution is 2.30. The first-order chi connectivity index (χ1) is 17.3. The van der Waals surface area contributed by atoms with Crippen molar-refractivity contribution in [3.05, 3.63) is 143 Å². The number of anilines is 2. The maximum Gasteiger partial charge on any atom is 0.0361 e. The van der Waals surface area contributed by atoms with Crippen molar-refractivity contribution in [1.29, 1.82) is 0 Å². The van der Waals surface area contributed by atoms with Crippen LogP contribution in [0.2, 0.25) is 0 Å². The minimum absolute atomic E-state index is 1.19. The molecule has 0 fully saturated rings. The summed E-state index contributed by atoms with van der Waals surface area (Å²) in [5.74, 6) is 0. The molecule has 4 aromatic carbocycles. The van der Waals surface area contributed by atoms with Gasteiger partial charge in [-0.05, 0) is 71.5 Å². The molecule has 4 aromatic rings. The fourth-order valence-electron chi connectivity index (χ4n) is 4.23. The highest BCUT2D eigenvalue weighted by Gasteiger charge is 2.09. The van der Waals surface area contributed by atoms with Crippen LogP contribution in [0.15, 0.2) is 109 Å². The third-order valence-corrected chi connectivity index (χ3v) is 6.53. The molecule has 0 saturated heterocycles. The molecule has 36 heavy (non-hydrogen) atoms. The van der Waals surface area contributed by atoms with Crippen LogP contribution in [-0.2, 0) is 0 Å². The molecule has 0 aliphatic rings. The molecule has 0 aliphatic heterocycles. The zero-order valence-corrected chi connectivity index (χ0v) is 22.3. The van der Waals surface area contributed by atoms with Gasteiger partial charge in [0.2, 0.25) is 0 Å². The third-order valence-electron chi connectivity index (χ3n) is 6.53. The van der Waals surface area contributed by atoms with Gasteiger partial charge in [-0.25, -0.2) is 0 Å². The summed E-state index contributed by atoms with van der Waals surface area (Å²) in [5, 5.41) is 0. The van der Waals surface area contributed by atoms with Gasteiger partial charge < -0.3 is 9.80 Å². The van der Waals surface area contributed by atoms with Crippen LogP contribution in [0.1, 0.15) is 33.4 Å². The molecule has 0 radical (unpaired) electrons. The third kappa shape index (κ3) is 5.95. The Labute approximate surface area is 216 Å². The van der Waals surface area contributed by atoms with Gasteiger partial charge in [0.05, 0.1) is 0 Å². The summed E-state index contributed by atoms with van der Waals surface area (Å²) < 4.78 is 0. The lowest BCUT2D eigenvalue weighted by atomic mass is 9.93. The van der Waals surface area contributed by atoms with Crippen molar-refractivity contribution in [2.75, 3.05) is 38.0 Å². The number of rotatable bonds is 7. The smallest absolute Gasteiger partial charge is 0.0361 e. The molecule has 0 heterocycles. The standard InChI is InChI=1S/C34H36N2/c1-25-7-11-27(12-8-25)33(28-13-9-26(2)10-14-28)23-24-34(29-15-19-31(20-16-29)35(3)4)30-17-21-32(22-18-30)36(5)6/h7-24H,1-6H3. The summed E-state index contributed by atoms with van der Waals surface area (Å²) in [4.78, 5) is 4.26. The van der Waals surface area contributed by atoms with E-state index in [1.54, 1.807) is 0 Å². The summed E-state index contributed by atoms with van der Waals surface area (Å²) in [6.07, 6.45) is 4.54. The van der Waals surface area contributed by atoms with E-state index in [4.69, 9.17) is 0 Å². The van der Waals surface area contributed by atoms with Gasteiger partial charge in [0.1, 0.15) is 0 Å². The summed E-state index contributed by atoms with van der Waals surface area (Å²) in [6, 6.07) is 35.2. The Bertz CT molecular complexity index is 1240. The van der Waals surface area contributed by atoms with E-state index in [2.05, 4.69) is 161 Å².